The smallest absolute Gasteiger partial charge is 0.258 e. The van der Waals surface area contributed by atoms with E-state index in [0.29, 0.717) is 24.6 Å². The van der Waals surface area contributed by atoms with Crippen LogP contribution in [0.4, 0.5) is 0 Å². The lowest BCUT2D eigenvalue weighted by Gasteiger charge is -2.16. The van der Waals surface area contributed by atoms with E-state index in [-0.39, 0.29) is 5.91 Å². The second-order valence-corrected chi connectivity index (χ2v) is 5.40. The zero-order valence-corrected chi connectivity index (χ0v) is 11.7. The molecule has 0 atom stereocenters. The third kappa shape index (κ3) is 2.86. The number of carbonyl (C=O) groups is 1. The maximum absolute atomic E-state index is 12.2. The first-order chi connectivity index (χ1) is 9.84. The number of ether oxygens (including phenoxy) is 1. The van der Waals surface area contributed by atoms with Gasteiger partial charge in [0.15, 0.2) is 0 Å². The van der Waals surface area contributed by atoms with Gasteiger partial charge in [-0.25, -0.2) is 4.68 Å². The average molecular weight is 275 g/mol. The van der Waals surface area contributed by atoms with Crippen molar-refractivity contribution in [3.8, 4) is 5.88 Å². The first-order valence-corrected chi connectivity index (χ1v) is 7.49. The maximum Gasteiger partial charge on any atom is 0.258 e. The van der Waals surface area contributed by atoms with Crippen molar-refractivity contribution in [2.24, 2.45) is 0 Å². The van der Waals surface area contributed by atoms with Crippen LogP contribution < -0.4 is 10.1 Å². The van der Waals surface area contributed by atoms with E-state index >= 15 is 0 Å². The molecular weight excluding hydrogens is 254 g/mol. The molecule has 1 N–H and O–H groups in total. The molecule has 0 saturated heterocycles. The van der Waals surface area contributed by atoms with Gasteiger partial charge in [0.1, 0.15) is 5.56 Å². The van der Waals surface area contributed by atoms with Crippen molar-refractivity contribution in [1.82, 2.24) is 15.1 Å². The molecule has 2 aliphatic rings. The minimum absolute atomic E-state index is 0.0791. The summed E-state index contributed by atoms with van der Waals surface area (Å²) in [5.74, 6) is 0.537. The van der Waals surface area contributed by atoms with Crippen molar-refractivity contribution in [3.63, 3.8) is 0 Å². The summed E-state index contributed by atoms with van der Waals surface area (Å²) in [6, 6.07) is 0. The Hall–Kier alpha value is -1.78. The Bertz CT molecular complexity index is 519. The Labute approximate surface area is 119 Å². The lowest BCUT2D eigenvalue weighted by Crippen LogP contribution is -2.26. The second kappa shape index (κ2) is 6.11. The predicted molar refractivity (Wildman–Crippen MR) is 75.8 cm³/mol. The minimum atomic E-state index is -0.0791. The fourth-order valence-electron chi connectivity index (χ4n) is 2.79. The van der Waals surface area contributed by atoms with Gasteiger partial charge in [0.25, 0.3) is 5.91 Å². The van der Waals surface area contributed by atoms with Crippen molar-refractivity contribution in [2.45, 2.75) is 45.1 Å². The van der Waals surface area contributed by atoms with Crippen molar-refractivity contribution in [3.05, 3.63) is 23.4 Å². The number of hydrogen-bond donors (Lipinski definition) is 1. The molecule has 0 aromatic carbocycles. The summed E-state index contributed by atoms with van der Waals surface area (Å²) >= 11 is 0. The van der Waals surface area contributed by atoms with Crippen molar-refractivity contribution >= 4 is 5.91 Å². The van der Waals surface area contributed by atoms with Gasteiger partial charge in [0, 0.05) is 19.5 Å². The summed E-state index contributed by atoms with van der Waals surface area (Å²) in [7, 11) is 0. The van der Waals surface area contributed by atoms with Crippen molar-refractivity contribution < 1.29 is 9.53 Å². The molecule has 5 nitrogen and oxygen atoms in total. The van der Waals surface area contributed by atoms with E-state index in [0.717, 1.165) is 19.4 Å². The summed E-state index contributed by atoms with van der Waals surface area (Å²) in [5, 5.41) is 7.16. The van der Waals surface area contributed by atoms with Gasteiger partial charge in [-0.1, -0.05) is 11.6 Å². The van der Waals surface area contributed by atoms with Gasteiger partial charge in [0.2, 0.25) is 5.88 Å². The normalized spacial score (nSPS) is 17.9. The lowest BCUT2D eigenvalue weighted by molar-refractivity contribution is 0.0947. The average Bonchev–Trinajstić information content (AvgIpc) is 2.92. The van der Waals surface area contributed by atoms with Gasteiger partial charge in [-0.2, -0.15) is 5.10 Å². The number of rotatable bonds is 4. The number of aryl methyl sites for hydroxylation is 1. The summed E-state index contributed by atoms with van der Waals surface area (Å²) in [6.45, 7) is 2.18. The molecule has 108 valence electrons. The fourth-order valence-corrected chi connectivity index (χ4v) is 2.79. The van der Waals surface area contributed by atoms with Crippen LogP contribution in [0.5, 0.6) is 5.88 Å². The number of hydrogen-bond acceptors (Lipinski definition) is 3. The molecule has 1 aromatic rings. The largest absolute Gasteiger partial charge is 0.477 e. The van der Waals surface area contributed by atoms with Gasteiger partial charge in [0.05, 0.1) is 12.8 Å². The predicted octanol–water partition coefficient (Wildman–Crippen LogP) is 2.29. The van der Waals surface area contributed by atoms with E-state index in [1.807, 2.05) is 0 Å². The topological polar surface area (TPSA) is 56.2 Å². The number of carbonyl (C=O) groups excluding carboxylic acids is 1. The van der Waals surface area contributed by atoms with Gasteiger partial charge in [-0.05, 0) is 32.1 Å². The first kappa shape index (κ1) is 13.2. The third-order valence-corrected chi connectivity index (χ3v) is 3.91. The van der Waals surface area contributed by atoms with Gasteiger partial charge in [-0.15, -0.1) is 0 Å². The Morgan fingerprint density at radius 1 is 1.40 bits per heavy atom. The SMILES string of the molecule is O=C(NCCC1=CCCCC1)c1cnn2c1OCCC2. The number of amides is 1. The number of allylic oxidation sites excluding steroid dienone is 1. The molecule has 0 saturated carbocycles. The van der Waals surface area contributed by atoms with Crippen molar-refractivity contribution in [1.29, 1.82) is 0 Å². The lowest BCUT2D eigenvalue weighted by atomic mass is 9.97. The number of fused-ring (bicyclic) bond motifs is 1. The first-order valence-electron chi connectivity index (χ1n) is 7.49. The quantitative estimate of drug-likeness (QED) is 0.858. The van der Waals surface area contributed by atoms with Crippen LogP contribution in [0.15, 0.2) is 17.8 Å². The molecule has 0 unspecified atom stereocenters. The van der Waals surface area contributed by atoms with E-state index in [2.05, 4.69) is 16.5 Å². The Balaban J connectivity index is 1.54. The fraction of sp³-hybridized carbons (Fsp3) is 0.600. The molecule has 3 rings (SSSR count). The zero-order valence-electron chi connectivity index (χ0n) is 11.7. The van der Waals surface area contributed by atoms with Gasteiger partial charge >= 0.3 is 0 Å². The molecule has 0 bridgehead atoms. The highest BCUT2D eigenvalue weighted by atomic mass is 16.5. The van der Waals surface area contributed by atoms with E-state index in [9.17, 15) is 4.79 Å². The second-order valence-electron chi connectivity index (χ2n) is 5.40. The van der Waals surface area contributed by atoms with Crippen LogP contribution >= 0.6 is 0 Å². The van der Waals surface area contributed by atoms with Gasteiger partial charge < -0.3 is 10.1 Å². The number of nitrogens with one attached hydrogen (secondary N) is 1. The molecule has 1 amide bonds. The molecule has 2 heterocycles. The van der Waals surface area contributed by atoms with E-state index in [4.69, 9.17) is 4.74 Å². The molecule has 0 radical (unpaired) electrons. The Morgan fingerprint density at radius 3 is 3.20 bits per heavy atom. The standard InChI is InChI=1S/C15H21N3O2/c19-14(16-8-7-12-5-2-1-3-6-12)13-11-17-18-9-4-10-20-15(13)18/h5,11H,1-4,6-10H2,(H,16,19). The van der Waals surface area contributed by atoms with E-state index in [1.165, 1.54) is 31.3 Å². The van der Waals surface area contributed by atoms with Crippen LogP contribution in [0.3, 0.4) is 0 Å². The molecule has 0 fully saturated rings. The van der Waals surface area contributed by atoms with Crippen LogP contribution in [0, 0.1) is 0 Å². The highest BCUT2D eigenvalue weighted by molar-refractivity contribution is 5.96. The molecule has 1 aliphatic carbocycles. The highest BCUT2D eigenvalue weighted by Crippen LogP contribution is 2.22. The maximum atomic E-state index is 12.2. The van der Waals surface area contributed by atoms with Crippen LogP contribution in [0.1, 0.15) is 48.9 Å². The highest BCUT2D eigenvalue weighted by Gasteiger charge is 2.21. The van der Waals surface area contributed by atoms with Crippen LogP contribution in [0.25, 0.3) is 0 Å². The third-order valence-electron chi connectivity index (χ3n) is 3.91. The summed E-state index contributed by atoms with van der Waals surface area (Å²) < 4.78 is 7.31. The molecule has 20 heavy (non-hydrogen) atoms. The minimum Gasteiger partial charge on any atom is -0.477 e. The summed E-state index contributed by atoms with van der Waals surface area (Å²) in [5.41, 5.74) is 2.03. The zero-order chi connectivity index (χ0) is 13.8. The molecular formula is C15H21N3O2. The van der Waals surface area contributed by atoms with Crippen molar-refractivity contribution in [2.75, 3.05) is 13.2 Å². The molecule has 1 aliphatic heterocycles. The van der Waals surface area contributed by atoms with Crippen LogP contribution in [-0.4, -0.2) is 28.8 Å². The summed E-state index contributed by atoms with van der Waals surface area (Å²) in [4.78, 5) is 12.2. The Morgan fingerprint density at radius 2 is 2.35 bits per heavy atom. The van der Waals surface area contributed by atoms with E-state index < -0.39 is 0 Å². The Kier molecular flexibility index (Phi) is 4.04. The monoisotopic (exact) mass is 275 g/mol. The van der Waals surface area contributed by atoms with Gasteiger partial charge in [-0.3, -0.25) is 4.79 Å². The van der Waals surface area contributed by atoms with E-state index in [1.54, 1.807) is 10.9 Å². The van der Waals surface area contributed by atoms with Crippen LogP contribution in [0.2, 0.25) is 0 Å². The molecule has 0 spiro atoms. The summed E-state index contributed by atoms with van der Waals surface area (Å²) in [6.07, 6.45) is 10.8. The molecule has 5 heteroatoms. The van der Waals surface area contributed by atoms with Crippen LogP contribution in [-0.2, 0) is 6.54 Å². The molecule has 1 aromatic heterocycles. The number of nitrogens with zero attached hydrogens (tertiary/aromatic N) is 2. The number of aromatic nitrogens is 2.